The standard InChI is InChI=1S/C22H21ClFN5O2/c1-31-17-5-2-15(3-6-17)20-8-9-21(27-26-20)28-10-12-29(13-11-28)22(30)25-16-4-7-19(24)18(23)14-16/h2-9,14H,10-13H2,1H3,(H,25,30). The van der Waals surface area contributed by atoms with Crippen molar-refractivity contribution in [3.63, 3.8) is 0 Å². The van der Waals surface area contributed by atoms with E-state index >= 15 is 0 Å². The predicted octanol–water partition coefficient (Wildman–Crippen LogP) is 4.30. The smallest absolute Gasteiger partial charge is 0.321 e. The number of benzene rings is 2. The number of methoxy groups -OCH3 is 1. The Morgan fingerprint density at radius 1 is 1.03 bits per heavy atom. The highest BCUT2D eigenvalue weighted by Gasteiger charge is 2.22. The van der Waals surface area contributed by atoms with Gasteiger partial charge in [0.2, 0.25) is 0 Å². The maximum absolute atomic E-state index is 13.3. The molecule has 1 aromatic heterocycles. The number of piperazine rings is 1. The monoisotopic (exact) mass is 441 g/mol. The Labute approximate surface area is 184 Å². The number of ether oxygens (including phenoxy) is 1. The summed E-state index contributed by atoms with van der Waals surface area (Å²) in [5.41, 5.74) is 2.20. The van der Waals surface area contributed by atoms with E-state index in [0.717, 1.165) is 22.8 Å². The molecule has 31 heavy (non-hydrogen) atoms. The number of nitrogens with zero attached hydrogens (tertiary/aromatic N) is 4. The average Bonchev–Trinajstić information content (AvgIpc) is 2.82. The van der Waals surface area contributed by atoms with E-state index in [0.29, 0.717) is 31.9 Å². The van der Waals surface area contributed by atoms with Gasteiger partial charge in [-0.05, 0) is 54.6 Å². The van der Waals surface area contributed by atoms with E-state index in [2.05, 4.69) is 20.4 Å². The third kappa shape index (κ3) is 4.86. The van der Waals surface area contributed by atoms with Gasteiger partial charge in [-0.3, -0.25) is 0 Å². The van der Waals surface area contributed by atoms with E-state index in [4.69, 9.17) is 16.3 Å². The van der Waals surface area contributed by atoms with E-state index in [1.54, 1.807) is 12.0 Å². The second-order valence-electron chi connectivity index (χ2n) is 7.04. The molecule has 1 fully saturated rings. The van der Waals surface area contributed by atoms with Crippen LogP contribution in [-0.2, 0) is 0 Å². The van der Waals surface area contributed by atoms with Crippen LogP contribution in [0.1, 0.15) is 0 Å². The molecule has 1 aliphatic rings. The van der Waals surface area contributed by atoms with Crippen molar-refractivity contribution in [2.45, 2.75) is 0 Å². The lowest BCUT2D eigenvalue weighted by atomic mass is 10.1. The van der Waals surface area contributed by atoms with Crippen molar-refractivity contribution in [2.75, 3.05) is 43.5 Å². The van der Waals surface area contributed by atoms with Crippen molar-refractivity contribution in [3.05, 3.63) is 65.4 Å². The first-order valence-electron chi connectivity index (χ1n) is 9.77. The van der Waals surface area contributed by atoms with Crippen LogP contribution in [0.5, 0.6) is 5.75 Å². The summed E-state index contributed by atoms with van der Waals surface area (Å²) in [7, 11) is 1.63. The van der Waals surface area contributed by atoms with Gasteiger partial charge in [-0.1, -0.05) is 11.6 Å². The molecular formula is C22H21ClFN5O2. The van der Waals surface area contributed by atoms with Crippen molar-refractivity contribution in [1.29, 1.82) is 0 Å². The number of carbonyl (C=O) groups is 1. The molecular weight excluding hydrogens is 421 g/mol. The van der Waals surface area contributed by atoms with Crippen LogP contribution in [0.4, 0.5) is 20.7 Å². The highest BCUT2D eigenvalue weighted by molar-refractivity contribution is 6.31. The van der Waals surface area contributed by atoms with Crippen LogP contribution >= 0.6 is 11.6 Å². The van der Waals surface area contributed by atoms with E-state index < -0.39 is 5.82 Å². The molecule has 0 atom stereocenters. The van der Waals surface area contributed by atoms with Crippen molar-refractivity contribution < 1.29 is 13.9 Å². The fourth-order valence-electron chi connectivity index (χ4n) is 3.32. The molecule has 2 aromatic carbocycles. The van der Waals surface area contributed by atoms with E-state index in [9.17, 15) is 9.18 Å². The van der Waals surface area contributed by atoms with Gasteiger partial charge >= 0.3 is 6.03 Å². The normalized spacial score (nSPS) is 13.8. The number of hydrogen-bond donors (Lipinski definition) is 1. The number of urea groups is 1. The maximum atomic E-state index is 13.3. The van der Waals surface area contributed by atoms with Crippen molar-refractivity contribution in [3.8, 4) is 17.0 Å². The molecule has 0 aliphatic carbocycles. The van der Waals surface area contributed by atoms with Crippen LogP contribution in [0.25, 0.3) is 11.3 Å². The van der Waals surface area contributed by atoms with Crippen LogP contribution < -0.4 is 15.0 Å². The Bertz CT molecular complexity index is 1050. The Morgan fingerprint density at radius 2 is 1.77 bits per heavy atom. The molecule has 4 rings (SSSR count). The summed E-state index contributed by atoms with van der Waals surface area (Å²) < 4.78 is 18.4. The van der Waals surface area contributed by atoms with Crippen molar-refractivity contribution in [2.24, 2.45) is 0 Å². The van der Waals surface area contributed by atoms with Gasteiger partial charge in [0.25, 0.3) is 0 Å². The minimum atomic E-state index is -0.521. The first-order valence-corrected chi connectivity index (χ1v) is 10.2. The largest absolute Gasteiger partial charge is 0.497 e. The highest BCUT2D eigenvalue weighted by atomic mass is 35.5. The number of aromatic nitrogens is 2. The summed E-state index contributed by atoms with van der Waals surface area (Å²) in [5.74, 6) is 1.03. The van der Waals surface area contributed by atoms with Gasteiger partial charge in [-0.2, -0.15) is 0 Å². The van der Waals surface area contributed by atoms with Crippen molar-refractivity contribution >= 4 is 29.1 Å². The molecule has 7 nitrogen and oxygen atoms in total. The van der Waals surface area contributed by atoms with Crippen LogP contribution in [-0.4, -0.2) is 54.4 Å². The van der Waals surface area contributed by atoms with E-state index in [1.807, 2.05) is 36.4 Å². The molecule has 0 saturated carbocycles. The quantitative estimate of drug-likeness (QED) is 0.653. The summed E-state index contributed by atoms with van der Waals surface area (Å²) in [6, 6.07) is 15.4. The van der Waals surface area contributed by atoms with Crippen LogP contribution in [0.3, 0.4) is 0 Å². The molecule has 0 spiro atoms. The lowest BCUT2D eigenvalue weighted by Crippen LogP contribution is -2.50. The zero-order chi connectivity index (χ0) is 21.8. The zero-order valence-electron chi connectivity index (χ0n) is 16.9. The molecule has 3 aromatic rings. The van der Waals surface area contributed by atoms with Gasteiger partial charge in [0.15, 0.2) is 5.82 Å². The van der Waals surface area contributed by atoms with E-state index in [1.165, 1.54) is 18.2 Å². The second-order valence-corrected chi connectivity index (χ2v) is 7.45. The van der Waals surface area contributed by atoms with Crippen LogP contribution in [0.2, 0.25) is 5.02 Å². The molecule has 1 saturated heterocycles. The van der Waals surface area contributed by atoms with Gasteiger partial charge in [0, 0.05) is 37.4 Å². The van der Waals surface area contributed by atoms with Gasteiger partial charge in [-0.25, -0.2) is 9.18 Å². The number of carbonyl (C=O) groups excluding carboxylic acids is 1. The van der Waals surface area contributed by atoms with Crippen LogP contribution in [0.15, 0.2) is 54.6 Å². The molecule has 0 bridgehead atoms. The summed E-state index contributed by atoms with van der Waals surface area (Å²) in [6.07, 6.45) is 0. The number of halogens is 2. The average molecular weight is 442 g/mol. The number of nitrogens with one attached hydrogen (secondary N) is 1. The Morgan fingerprint density at radius 3 is 2.39 bits per heavy atom. The fraction of sp³-hybridized carbons (Fsp3) is 0.227. The first kappa shape index (κ1) is 20.9. The Balaban J connectivity index is 1.33. The maximum Gasteiger partial charge on any atom is 0.321 e. The lowest BCUT2D eigenvalue weighted by molar-refractivity contribution is 0.208. The molecule has 0 radical (unpaired) electrons. The number of amides is 2. The summed E-state index contributed by atoms with van der Waals surface area (Å²) in [5, 5.41) is 11.4. The summed E-state index contributed by atoms with van der Waals surface area (Å²) in [6.45, 7) is 2.33. The Hall–Kier alpha value is -3.39. The van der Waals surface area contributed by atoms with Gasteiger partial charge < -0.3 is 19.9 Å². The number of rotatable bonds is 4. The van der Waals surface area contributed by atoms with Gasteiger partial charge in [-0.15, -0.1) is 10.2 Å². The Kier molecular flexibility index (Phi) is 6.18. The van der Waals surface area contributed by atoms with Gasteiger partial charge in [0.05, 0.1) is 17.8 Å². The summed E-state index contributed by atoms with van der Waals surface area (Å²) in [4.78, 5) is 16.3. The topological polar surface area (TPSA) is 70.6 Å². The third-order valence-corrected chi connectivity index (χ3v) is 5.39. The van der Waals surface area contributed by atoms with E-state index in [-0.39, 0.29) is 11.1 Å². The molecule has 160 valence electrons. The molecule has 2 heterocycles. The molecule has 2 amide bonds. The van der Waals surface area contributed by atoms with Crippen LogP contribution in [0, 0.1) is 5.82 Å². The second kappa shape index (κ2) is 9.18. The molecule has 1 aliphatic heterocycles. The summed E-state index contributed by atoms with van der Waals surface area (Å²) >= 11 is 5.77. The SMILES string of the molecule is COc1ccc(-c2ccc(N3CCN(C(=O)Nc4ccc(F)c(Cl)c4)CC3)nn2)cc1. The first-order chi connectivity index (χ1) is 15.0. The number of anilines is 2. The van der Waals surface area contributed by atoms with Gasteiger partial charge in [0.1, 0.15) is 11.6 Å². The third-order valence-electron chi connectivity index (χ3n) is 5.10. The van der Waals surface area contributed by atoms with Crippen molar-refractivity contribution in [1.82, 2.24) is 15.1 Å². The fourth-order valence-corrected chi connectivity index (χ4v) is 3.51. The highest BCUT2D eigenvalue weighted by Crippen LogP contribution is 2.23. The molecule has 9 heteroatoms. The molecule has 1 N–H and O–H groups in total. The lowest BCUT2D eigenvalue weighted by Gasteiger charge is -2.35. The minimum Gasteiger partial charge on any atom is -0.497 e. The number of hydrogen-bond acceptors (Lipinski definition) is 5. The predicted molar refractivity (Wildman–Crippen MR) is 118 cm³/mol. The minimum absolute atomic E-state index is 0.0284. The molecule has 0 unspecified atom stereocenters. The zero-order valence-corrected chi connectivity index (χ0v) is 17.6.